The van der Waals surface area contributed by atoms with Gasteiger partial charge in [-0.25, -0.2) is 9.55 Å². The molecule has 4 nitrogen and oxygen atoms in total. The maximum atomic E-state index is 3.59. The van der Waals surface area contributed by atoms with Crippen LogP contribution in [0.15, 0.2) is 24.3 Å². The largest absolute Gasteiger partial charge is 0.358 e. The lowest BCUT2D eigenvalue weighted by molar-refractivity contribution is -0.644. The van der Waals surface area contributed by atoms with Gasteiger partial charge in [-0.05, 0) is 44.0 Å². The zero-order valence-corrected chi connectivity index (χ0v) is 12.9. The molecule has 0 bridgehead atoms. The molecule has 2 aliphatic rings. The number of likely N-dealkylation sites (tertiary alicyclic amines) is 1. The van der Waals surface area contributed by atoms with Crippen molar-refractivity contribution in [2.75, 3.05) is 37.6 Å². The molecule has 2 aromatic rings. The van der Waals surface area contributed by atoms with Crippen molar-refractivity contribution in [3.63, 3.8) is 0 Å². The second-order valence-electron chi connectivity index (χ2n) is 6.63. The fourth-order valence-corrected chi connectivity index (χ4v) is 3.68. The molecule has 0 spiro atoms. The molecule has 1 aromatic carbocycles. The Morgan fingerprint density at radius 1 is 1.14 bits per heavy atom. The number of rotatable bonds is 3. The molecule has 112 valence electrons. The van der Waals surface area contributed by atoms with E-state index in [0.717, 1.165) is 25.6 Å². The average molecular weight is 285 g/mol. The Morgan fingerprint density at radius 3 is 2.81 bits per heavy atom. The topological polar surface area (TPSA) is 26.1 Å². The van der Waals surface area contributed by atoms with Gasteiger partial charge in [0, 0.05) is 6.54 Å². The summed E-state index contributed by atoms with van der Waals surface area (Å²) in [6, 6.07) is 8.62. The van der Waals surface area contributed by atoms with Gasteiger partial charge < -0.3 is 4.90 Å². The number of hydrogen-bond acceptors (Lipinski definition) is 2. The van der Waals surface area contributed by atoms with E-state index in [1.165, 1.54) is 49.5 Å². The van der Waals surface area contributed by atoms with Crippen LogP contribution in [0.3, 0.4) is 0 Å². The minimum absolute atomic E-state index is 0.920. The first-order valence-electron chi connectivity index (χ1n) is 8.29. The van der Waals surface area contributed by atoms with Crippen molar-refractivity contribution in [3.05, 3.63) is 24.3 Å². The number of aromatic amines is 1. The van der Waals surface area contributed by atoms with Crippen molar-refractivity contribution in [2.24, 2.45) is 5.92 Å². The molecule has 0 atom stereocenters. The summed E-state index contributed by atoms with van der Waals surface area (Å²) < 4.78 is 2.42. The number of nitrogens with one attached hydrogen (secondary N) is 1. The lowest BCUT2D eigenvalue weighted by Crippen LogP contribution is -2.39. The number of anilines is 1. The summed E-state index contributed by atoms with van der Waals surface area (Å²) in [5.74, 6) is 2.21. The van der Waals surface area contributed by atoms with E-state index in [-0.39, 0.29) is 0 Å². The van der Waals surface area contributed by atoms with Gasteiger partial charge >= 0.3 is 5.95 Å². The van der Waals surface area contributed by atoms with Crippen LogP contribution in [0.4, 0.5) is 5.95 Å². The van der Waals surface area contributed by atoms with E-state index in [1.807, 2.05) is 0 Å². The minimum atomic E-state index is 0.920. The van der Waals surface area contributed by atoms with Crippen LogP contribution >= 0.6 is 0 Å². The molecule has 1 aromatic heterocycles. The number of nitrogens with zero attached hydrogens (tertiary/aromatic N) is 3. The first-order chi connectivity index (χ1) is 10.3. The van der Waals surface area contributed by atoms with E-state index in [4.69, 9.17) is 0 Å². The SMILES string of the molecule is CC1CCN(CCN2CC[n+]3c2[nH]c2ccccc23)CC1. The molecule has 1 saturated heterocycles. The summed E-state index contributed by atoms with van der Waals surface area (Å²) in [5, 5.41) is 0. The molecule has 0 amide bonds. The second-order valence-corrected chi connectivity index (χ2v) is 6.63. The Hall–Kier alpha value is -1.55. The molecule has 21 heavy (non-hydrogen) atoms. The van der Waals surface area contributed by atoms with Crippen molar-refractivity contribution in [1.82, 2.24) is 9.88 Å². The Morgan fingerprint density at radius 2 is 1.95 bits per heavy atom. The summed E-state index contributed by atoms with van der Waals surface area (Å²) in [7, 11) is 0. The van der Waals surface area contributed by atoms with Gasteiger partial charge in [0.25, 0.3) is 0 Å². The van der Waals surface area contributed by atoms with Crippen LogP contribution in [0.25, 0.3) is 11.0 Å². The number of piperidine rings is 1. The van der Waals surface area contributed by atoms with Crippen molar-refractivity contribution in [1.29, 1.82) is 0 Å². The Labute approximate surface area is 126 Å². The van der Waals surface area contributed by atoms with Crippen LogP contribution in [0, 0.1) is 5.92 Å². The van der Waals surface area contributed by atoms with E-state index in [0.29, 0.717) is 0 Å². The Kier molecular flexibility index (Phi) is 3.34. The normalized spacial score (nSPS) is 20.3. The molecule has 0 unspecified atom stereocenters. The Balaban J connectivity index is 1.44. The smallest absolute Gasteiger partial charge is 0.300 e. The zero-order valence-electron chi connectivity index (χ0n) is 12.9. The third-order valence-electron chi connectivity index (χ3n) is 5.15. The maximum Gasteiger partial charge on any atom is 0.358 e. The van der Waals surface area contributed by atoms with Crippen molar-refractivity contribution >= 4 is 17.0 Å². The second kappa shape index (κ2) is 5.34. The van der Waals surface area contributed by atoms with Gasteiger partial charge in [0.2, 0.25) is 0 Å². The summed E-state index contributed by atoms with van der Waals surface area (Å²) in [5.41, 5.74) is 2.59. The van der Waals surface area contributed by atoms with E-state index in [2.05, 4.69) is 50.5 Å². The van der Waals surface area contributed by atoms with Gasteiger partial charge in [-0.2, -0.15) is 0 Å². The van der Waals surface area contributed by atoms with Crippen molar-refractivity contribution in [3.8, 4) is 0 Å². The number of aromatic nitrogens is 2. The van der Waals surface area contributed by atoms with E-state index in [1.54, 1.807) is 0 Å². The number of benzene rings is 1. The van der Waals surface area contributed by atoms with Crippen LogP contribution < -0.4 is 9.47 Å². The van der Waals surface area contributed by atoms with Crippen LogP contribution in [0.1, 0.15) is 19.8 Å². The standard InChI is InChI=1S/C17H24N4/c1-14-6-8-19(9-7-14)10-11-20-12-13-21-16-5-3-2-4-15(16)18-17(20)21/h2-5,14H,6-13H2,1H3/p+1. The molecule has 2 aliphatic heterocycles. The molecule has 3 heterocycles. The summed E-state index contributed by atoms with van der Waals surface area (Å²) in [6.07, 6.45) is 2.73. The summed E-state index contributed by atoms with van der Waals surface area (Å²) in [6.45, 7) is 9.52. The number of H-pyrrole nitrogens is 1. The first-order valence-corrected chi connectivity index (χ1v) is 8.29. The molecular weight excluding hydrogens is 260 g/mol. The van der Waals surface area contributed by atoms with Crippen LogP contribution in [-0.2, 0) is 6.54 Å². The average Bonchev–Trinajstić information content (AvgIpc) is 3.06. The molecular formula is C17H25N4+. The van der Waals surface area contributed by atoms with E-state index in [9.17, 15) is 0 Å². The number of fused-ring (bicyclic) bond motifs is 3. The lowest BCUT2D eigenvalue weighted by atomic mass is 9.99. The van der Waals surface area contributed by atoms with Crippen LogP contribution in [0.2, 0.25) is 0 Å². The van der Waals surface area contributed by atoms with Gasteiger partial charge in [0.15, 0.2) is 0 Å². The van der Waals surface area contributed by atoms with Gasteiger partial charge in [-0.1, -0.05) is 19.1 Å². The van der Waals surface area contributed by atoms with Crippen LogP contribution in [0.5, 0.6) is 0 Å². The molecule has 1 N–H and O–H groups in total. The monoisotopic (exact) mass is 285 g/mol. The van der Waals surface area contributed by atoms with Gasteiger partial charge in [0.1, 0.15) is 17.6 Å². The lowest BCUT2D eigenvalue weighted by Gasteiger charge is -2.30. The maximum absolute atomic E-state index is 3.59. The highest BCUT2D eigenvalue weighted by molar-refractivity contribution is 5.73. The number of para-hydroxylation sites is 2. The fourth-order valence-electron chi connectivity index (χ4n) is 3.68. The molecule has 4 heteroatoms. The third kappa shape index (κ3) is 2.42. The Bertz CT molecular complexity index is 625. The van der Waals surface area contributed by atoms with Gasteiger partial charge in [-0.3, -0.25) is 4.90 Å². The molecule has 0 radical (unpaired) electrons. The highest BCUT2D eigenvalue weighted by Crippen LogP contribution is 2.20. The number of hydrogen-bond donors (Lipinski definition) is 1. The third-order valence-corrected chi connectivity index (χ3v) is 5.15. The van der Waals surface area contributed by atoms with E-state index < -0.39 is 0 Å². The quantitative estimate of drug-likeness (QED) is 0.873. The predicted octanol–water partition coefficient (Wildman–Crippen LogP) is 2.01. The van der Waals surface area contributed by atoms with Crippen LogP contribution in [-0.4, -0.2) is 42.6 Å². The molecule has 0 saturated carbocycles. The highest BCUT2D eigenvalue weighted by atomic mass is 15.4. The van der Waals surface area contributed by atoms with Gasteiger partial charge in [0.05, 0.1) is 13.1 Å². The van der Waals surface area contributed by atoms with Gasteiger partial charge in [-0.15, -0.1) is 0 Å². The minimum Gasteiger partial charge on any atom is -0.300 e. The molecule has 0 aliphatic carbocycles. The molecule has 1 fully saturated rings. The highest BCUT2D eigenvalue weighted by Gasteiger charge is 2.30. The fraction of sp³-hybridized carbons (Fsp3) is 0.588. The first kappa shape index (κ1) is 13.1. The van der Waals surface area contributed by atoms with Crippen molar-refractivity contribution < 1.29 is 4.57 Å². The van der Waals surface area contributed by atoms with Crippen molar-refractivity contribution in [2.45, 2.75) is 26.3 Å². The zero-order chi connectivity index (χ0) is 14.2. The summed E-state index contributed by atoms with van der Waals surface area (Å²) >= 11 is 0. The predicted molar refractivity (Wildman–Crippen MR) is 85.5 cm³/mol. The summed E-state index contributed by atoms with van der Waals surface area (Å²) in [4.78, 5) is 8.73. The number of imidazole rings is 1. The molecule has 4 rings (SSSR count). The van der Waals surface area contributed by atoms with E-state index >= 15 is 0 Å².